The average Bonchev–Trinajstić information content (AvgIpc) is 2.69. The van der Waals surface area contributed by atoms with Crippen LogP contribution in [0.5, 0.6) is 11.5 Å². The minimum atomic E-state index is -0.852. The Balaban J connectivity index is 1.82. The minimum absolute atomic E-state index is 0.348. The predicted molar refractivity (Wildman–Crippen MR) is 97.8 cm³/mol. The summed E-state index contributed by atoms with van der Waals surface area (Å²) in [5.74, 6) is 0.522. The first-order valence-electron chi connectivity index (χ1n) is 8.08. The third-order valence-corrected chi connectivity index (χ3v) is 3.77. The Bertz CT molecular complexity index is 849. The molecule has 1 N–H and O–H groups in total. The van der Waals surface area contributed by atoms with Gasteiger partial charge in [0.15, 0.2) is 0 Å². The fourth-order valence-corrected chi connectivity index (χ4v) is 2.43. The number of halogens is 1. The highest BCUT2D eigenvalue weighted by Crippen LogP contribution is 2.25. The molecule has 0 aliphatic heterocycles. The average molecular weight is 351 g/mol. The second-order valence-corrected chi connectivity index (χ2v) is 5.58. The van der Waals surface area contributed by atoms with Gasteiger partial charge in [-0.25, -0.2) is 4.39 Å². The number of hydrogen-bond donors (Lipinski definition) is 1. The van der Waals surface area contributed by atoms with Crippen molar-refractivity contribution in [3.63, 3.8) is 0 Å². The molecule has 3 aromatic rings. The second-order valence-electron chi connectivity index (χ2n) is 5.58. The van der Waals surface area contributed by atoms with Crippen LogP contribution in [0.2, 0.25) is 0 Å². The van der Waals surface area contributed by atoms with Crippen LogP contribution in [0.4, 0.5) is 10.1 Å². The third kappa shape index (κ3) is 4.39. The highest BCUT2D eigenvalue weighted by molar-refractivity contribution is 5.95. The molecule has 1 amide bonds. The van der Waals surface area contributed by atoms with E-state index in [-0.39, 0.29) is 11.7 Å². The van der Waals surface area contributed by atoms with Crippen LogP contribution >= 0.6 is 0 Å². The fraction of sp³-hybridized carbons (Fsp3) is 0.0952. The van der Waals surface area contributed by atoms with Gasteiger partial charge < -0.3 is 14.8 Å². The molecule has 132 valence electrons. The third-order valence-electron chi connectivity index (χ3n) is 3.77. The summed E-state index contributed by atoms with van der Waals surface area (Å²) in [6, 6.07) is 21.8. The van der Waals surface area contributed by atoms with Gasteiger partial charge in [0.25, 0.3) is 5.91 Å². The molecular formula is C21H18FNO3. The lowest BCUT2D eigenvalue weighted by atomic mass is 10.1. The second kappa shape index (κ2) is 8.16. The summed E-state index contributed by atoms with van der Waals surface area (Å²) >= 11 is 0. The summed E-state index contributed by atoms with van der Waals surface area (Å²) in [5.41, 5.74) is 1.21. The number of ether oxygens (including phenoxy) is 2. The molecule has 0 saturated heterocycles. The maximum absolute atomic E-state index is 13.0. The van der Waals surface area contributed by atoms with E-state index in [1.165, 1.54) is 24.3 Å². The zero-order valence-electron chi connectivity index (χ0n) is 14.2. The smallest absolute Gasteiger partial charge is 0.270 e. The molecule has 3 aromatic carbocycles. The van der Waals surface area contributed by atoms with E-state index in [4.69, 9.17) is 9.47 Å². The van der Waals surface area contributed by atoms with Crippen LogP contribution in [0.25, 0.3) is 0 Å². The van der Waals surface area contributed by atoms with Gasteiger partial charge >= 0.3 is 0 Å². The zero-order valence-corrected chi connectivity index (χ0v) is 14.2. The molecule has 0 heterocycles. The molecule has 0 spiro atoms. The largest absolute Gasteiger partial charge is 0.497 e. The van der Waals surface area contributed by atoms with Crippen molar-refractivity contribution < 1.29 is 18.7 Å². The molecule has 0 aliphatic carbocycles. The number of rotatable bonds is 6. The lowest BCUT2D eigenvalue weighted by molar-refractivity contribution is -0.123. The maximum Gasteiger partial charge on any atom is 0.270 e. The van der Waals surface area contributed by atoms with Gasteiger partial charge in [-0.3, -0.25) is 4.79 Å². The molecule has 1 atom stereocenters. The van der Waals surface area contributed by atoms with Crippen molar-refractivity contribution in [3.05, 3.63) is 90.2 Å². The molecule has 26 heavy (non-hydrogen) atoms. The Morgan fingerprint density at radius 3 is 2.12 bits per heavy atom. The summed E-state index contributed by atoms with van der Waals surface area (Å²) < 4.78 is 24.1. The number of hydrogen-bond acceptors (Lipinski definition) is 3. The van der Waals surface area contributed by atoms with Crippen molar-refractivity contribution in [1.29, 1.82) is 0 Å². The van der Waals surface area contributed by atoms with Gasteiger partial charge in [0.2, 0.25) is 6.10 Å². The lowest BCUT2D eigenvalue weighted by Crippen LogP contribution is -2.25. The van der Waals surface area contributed by atoms with Gasteiger partial charge in [-0.1, -0.05) is 30.3 Å². The molecule has 0 radical (unpaired) electrons. The van der Waals surface area contributed by atoms with Gasteiger partial charge in [-0.15, -0.1) is 0 Å². The van der Waals surface area contributed by atoms with Crippen molar-refractivity contribution in [1.82, 2.24) is 0 Å². The van der Waals surface area contributed by atoms with Gasteiger partial charge in [-0.2, -0.15) is 0 Å². The predicted octanol–water partition coefficient (Wildman–Crippen LogP) is 4.59. The van der Waals surface area contributed by atoms with E-state index in [1.54, 1.807) is 31.4 Å². The van der Waals surface area contributed by atoms with Crippen molar-refractivity contribution in [2.24, 2.45) is 0 Å². The quantitative estimate of drug-likeness (QED) is 0.706. The summed E-state index contributed by atoms with van der Waals surface area (Å²) in [4.78, 5) is 12.8. The number of carbonyl (C=O) groups excluding carboxylic acids is 1. The Morgan fingerprint density at radius 2 is 1.50 bits per heavy atom. The van der Waals surface area contributed by atoms with Gasteiger partial charge in [0, 0.05) is 11.3 Å². The lowest BCUT2D eigenvalue weighted by Gasteiger charge is -2.19. The number of nitrogens with one attached hydrogen (secondary N) is 1. The van der Waals surface area contributed by atoms with Crippen LogP contribution in [0.15, 0.2) is 78.9 Å². The molecule has 0 fully saturated rings. The minimum Gasteiger partial charge on any atom is -0.497 e. The van der Waals surface area contributed by atoms with E-state index >= 15 is 0 Å². The van der Waals surface area contributed by atoms with Crippen molar-refractivity contribution >= 4 is 11.6 Å². The fourth-order valence-electron chi connectivity index (χ4n) is 2.43. The molecule has 4 nitrogen and oxygen atoms in total. The van der Waals surface area contributed by atoms with Crippen molar-refractivity contribution in [2.75, 3.05) is 12.4 Å². The number of benzene rings is 3. The Kier molecular flexibility index (Phi) is 5.49. The van der Waals surface area contributed by atoms with Gasteiger partial charge in [0.1, 0.15) is 17.3 Å². The number of methoxy groups -OCH3 is 1. The highest BCUT2D eigenvalue weighted by atomic mass is 19.1. The molecule has 0 aliphatic rings. The van der Waals surface area contributed by atoms with Crippen LogP contribution < -0.4 is 14.8 Å². The van der Waals surface area contributed by atoms with E-state index in [2.05, 4.69) is 5.32 Å². The topological polar surface area (TPSA) is 47.6 Å². The van der Waals surface area contributed by atoms with Crippen LogP contribution in [-0.4, -0.2) is 13.0 Å². The molecule has 3 rings (SSSR count). The molecule has 0 saturated carbocycles. The first-order valence-corrected chi connectivity index (χ1v) is 8.08. The van der Waals surface area contributed by atoms with E-state index in [0.717, 1.165) is 0 Å². The molecule has 0 bridgehead atoms. The number of amides is 1. The van der Waals surface area contributed by atoms with Crippen LogP contribution in [0, 0.1) is 5.82 Å². The van der Waals surface area contributed by atoms with Crippen LogP contribution in [0.1, 0.15) is 11.7 Å². The maximum atomic E-state index is 13.0. The van der Waals surface area contributed by atoms with Gasteiger partial charge in [-0.05, 0) is 48.5 Å². The normalized spacial score (nSPS) is 11.5. The molecule has 5 heteroatoms. The van der Waals surface area contributed by atoms with Crippen LogP contribution in [0.3, 0.4) is 0 Å². The number of carbonyl (C=O) groups is 1. The Morgan fingerprint density at radius 1 is 0.885 bits per heavy atom. The summed E-state index contributed by atoms with van der Waals surface area (Å²) in [6.07, 6.45) is -0.852. The first kappa shape index (κ1) is 17.5. The summed E-state index contributed by atoms with van der Waals surface area (Å²) in [6.45, 7) is 0. The Hall–Kier alpha value is -3.34. The molecule has 0 aromatic heterocycles. The molecular weight excluding hydrogens is 333 g/mol. The number of anilines is 1. The highest BCUT2D eigenvalue weighted by Gasteiger charge is 2.23. The SMILES string of the molecule is COc1ccc(OC(C(=O)Nc2ccc(F)cc2)c2ccccc2)cc1. The van der Waals surface area contributed by atoms with E-state index in [1.807, 2.05) is 30.3 Å². The van der Waals surface area contributed by atoms with E-state index in [0.29, 0.717) is 22.7 Å². The summed E-state index contributed by atoms with van der Waals surface area (Å²) in [5, 5.41) is 2.76. The van der Waals surface area contributed by atoms with Crippen LogP contribution in [-0.2, 0) is 4.79 Å². The Labute approximate surface area is 151 Å². The van der Waals surface area contributed by atoms with Gasteiger partial charge in [0.05, 0.1) is 7.11 Å². The monoisotopic (exact) mass is 351 g/mol. The first-order chi connectivity index (χ1) is 12.7. The van der Waals surface area contributed by atoms with Crippen molar-refractivity contribution in [2.45, 2.75) is 6.10 Å². The van der Waals surface area contributed by atoms with E-state index < -0.39 is 6.10 Å². The standard InChI is InChI=1S/C21H18FNO3/c1-25-18-11-13-19(14-12-18)26-20(15-5-3-2-4-6-15)21(24)23-17-9-7-16(22)8-10-17/h2-14,20H,1H3,(H,23,24). The van der Waals surface area contributed by atoms with Crippen molar-refractivity contribution in [3.8, 4) is 11.5 Å². The van der Waals surface area contributed by atoms with E-state index in [9.17, 15) is 9.18 Å². The zero-order chi connectivity index (χ0) is 18.4. The summed E-state index contributed by atoms with van der Waals surface area (Å²) in [7, 11) is 1.58. The molecule has 1 unspecified atom stereocenters.